The van der Waals surface area contributed by atoms with E-state index in [0.29, 0.717) is 6.61 Å². The SMILES string of the molecule is CCOc1c(/C(C)=C/C(=O)NC2CCCCCC2)cc2c(-c3ccc4ccccc4c3)coc2c1C. The number of carbonyl (C=O) groups excluding carboxylic acids is 1. The van der Waals surface area contributed by atoms with Crippen LogP contribution in [0.15, 0.2) is 65.3 Å². The van der Waals surface area contributed by atoms with E-state index >= 15 is 0 Å². The highest BCUT2D eigenvalue weighted by atomic mass is 16.5. The number of benzene rings is 3. The van der Waals surface area contributed by atoms with Gasteiger partial charge in [-0.1, -0.05) is 62.1 Å². The number of hydrogen-bond donors (Lipinski definition) is 1. The van der Waals surface area contributed by atoms with E-state index in [1.807, 2.05) is 27.0 Å². The van der Waals surface area contributed by atoms with Crippen LogP contribution >= 0.6 is 0 Å². The maximum absolute atomic E-state index is 12.9. The van der Waals surface area contributed by atoms with Crippen LogP contribution in [0.1, 0.15) is 63.5 Å². The summed E-state index contributed by atoms with van der Waals surface area (Å²) < 4.78 is 12.2. The minimum atomic E-state index is -0.0263. The van der Waals surface area contributed by atoms with Gasteiger partial charge in [0.25, 0.3) is 0 Å². The van der Waals surface area contributed by atoms with Crippen LogP contribution in [0.3, 0.4) is 0 Å². The van der Waals surface area contributed by atoms with Crippen LogP contribution in [0.4, 0.5) is 0 Å². The number of rotatable bonds is 6. The molecule has 5 rings (SSSR count). The molecule has 4 nitrogen and oxygen atoms in total. The Morgan fingerprint density at radius 2 is 1.81 bits per heavy atom. The molecular formula is C32H35NO3. The fourth-order valence-corrected chi connectivity index (χ4v) is 5.46. The summed E-state index contributed by atoms with van der Waals surface area (Å²) in [4.78, 5) is 12.9. The summed E-state index contributed by atoms with van der Waals surface area (Å²) in [5, 5.41) is 6.67. The zero-order valence-corrected chi connectivity index (χ0v) is 21.5. The third-order valence-electron chi connectivity index (χ3n) is 7.37. The summed E-state index contributed by atoms with van der Waals surface area (Å²) in [6.07, 6.45) is 10.6. The lowest BCUT2D eigenvalue weighted by Crippen LogP contribution is -2.33. The van der Waals surface area contributed by atoms with Gasteiger partial charge in [-0.3, -0.25) is 4.79 Å². The van der Waals surface area contributed by atoms with Crippen molar-refractivity contribution in [1.29, 1.82) is 0 Å². The molecule has 1 aliphatic carbocycles. The smallest absolute Gasteiger partial charge is 0.244 e. The first-order valence-electron chi connectivity index (χ1n) is 13.2. The number of ether oxygens (including phenoxy) is 1. The molecule has 186 valence electrons. The van der Waals surface area contributed by atoms with Gasteiger partial charge in [0.15, 0.2) is 0 Å². The molecule has 4 heteroatoms. The van der Waals surface area contributed by atoms with Gasteiger partial charge in [-0.15, -0.1) is 0 Å². The van der Waals surface area contributed by atoms with Crippen molar-refractivity contribution in [3.8, 4) is 16.9 Å². The molecule has 0 radical (unpaired) electrons. The zero-order chi connectivity index (χ0) is 25.1. The van der Waals surface area contributed by atoms with E-state index < -0.39 is 0 Å². The first-order valence-corrected chi connectivity index (χ1v) is 13.2. The van der Waals surface area contributed by atoms with Crippen molar-refractivity contribution in [1.82, 2.24) is 5.32 Å². The standard InChI is InChI=1S/C32H35NO3/c1-4-35-31-22(3)32-28(29(20-36-32)25-16-15-23-11-9-10-12-24(23)18-25)19-27(31)21(2)17-30(34)33-26-13-7-5-6-8-14-26/h9-12,15-20,26H,4-8,13-14H2,1-3H3,(H,33,34)/b21-17+. The lowest BCUT2D eigenvalue weighted by atomic mass is 9.95. The summed E-state index contributed by atoms with van der Waals surface area (Å²) in [7, 11) is 0. The number of fused-ring (bicyclic) bond motifs is 2. The average molecular weight is 482 g/mol. The van der Waals surface area contributed by atoms with Crippen molar-refractivity contribution in [2.24, 2.45) is 0 Å². The van der Waals surface area contributed by atoms with Crippen LogP contribution in [0.5, 0.6) is 5.75 Å². The van der Waals surface area contributed by atoms with Gasteiger partial charge in [0.05, 0.1) is 12.9 Å². The molecular weight excluding hydrogens is 446 g/mol. The van der Waals surface area contributed by atoms with E-state index in [2.05, 4.69) is 53.8 Å². The molecule has 3 aromatic carbocycles. The Balaban J connectivity index is 1.54. The van der Waals surface area contributed by atoms with Crippen molar-refractivity contribution in [2.45, 2.75) is 65.3 Å². The molecule has 0 spiro atoms. The maximum atomic E-state index is 12.9. The topological polar surface area (TPSA) is 51.5 Å². The summed E-state index contributed by atoms with van der Waals surface area (Å²) in [6.45, 7) is 6.54. The van der Waals surface area contributed by atoms with Gasteiger partial charge in [-0.25, -0.2) is 0 Å². The van der Waals surface area contributed by atoms with Crippen molar-refractivity contribution in [2.75, 3.05) is 6.61 Å². The monoisotopic (exact) mass is 481 g/mol. The molecule has 1 aromatic heterocycles. The third kappa shape index (κ3) is 4.90. The van der Waals surface area contributed by atoms with Crippen LogP contribution in [0, 0.1) is 6.92 Å². The van der Waals surface area contributed by atoms with Gasteiger partial charge in [0, 0.05) is 34.2 Å². The first kappa shape index (κ1) is 24.2. The third-order valence-corrected chi connectivity index (χ3v) is 7.37. The lowest BCUT2D eigenvalue weighted by molar-refractivity contribution is -0.117. The van der Waals surface area contributed by atoms with E-state index in [0.717, 1.165) is 57.4 Å². The predicted octanol–water partition coefficient (Wildman–Crippen LogP) is 8.20. The van der Waals surface area contributed by atoms with E-state index in [-0.39, 0.29) is 11.9 Å². The van der Waals surface area contributed by atoms with Gasteiger partial charge in [-0.2, -0.15) is 0 Å². The minimum Gasteiger partial charge on any atom is -0.493 e. The average Bonchev–Trinajstić information content (AvgIpc) is 3.14. The Morgan fingerprint density at radius 3 is 2.56 bits per heavy atom. The number of furan rings is 1. The number of nitrogens with one attached hydrogen (secondary N) is 1. The summed E-state index contributed by atoms with van der Waals surface area (Å²) in [5.41, 5.74) is 5.74. The summed E-state index contributed by atoms with van der Waals surface area (Å²) >= 11 is 0. The van der Waals surface area contributed by atoms with Crippen molar-refractivity contribution >= 4 is 33.2 Å². The highest BCUT2D eigenvalue weighted by Gasteiger charge is 2.20. The Labute approximate surface area is 213 Å². The molecule has 1 fully saturated rings. The molecule has 1 heterocycles. The molecule has 1 saturated carbocycles. The Kier molecular flexibility index (Phi) is 7.13. The molecule has 1 N–H and O–H groups in total. The first-order chi connectivity index (χ1) is 17.5. The largest absolute Gasteiger partial charge is 0.493 e. The molecule has 36 heavy (non-hydrogen) atoms. The Hall–Kier alpha value is -3.53. The van der Waals surface area contributed by atoms with Gasteiger partial charge in [0.2, 0.25) is 5.91 Å². The Bertz CT molecular complexity index is 1420. The second-order valence-electron chi connectivity index (χ2n) is 9.92. The molecule has 0 saturated heterocycles. The number of carbonyl (C=O) groups is 1. The van der Waals surface area contributed by atoms with Crippen LogP contribution < -0.4 is 10.1 Å². The molecule has 0 atom stereocenters. The van der Waals surface area contributed by atoms with E-state index in [1.54, 1.807) is 6.08 Å². The van der Waals surface area contributed by atoms with Crippen LogP contribution in [-0.2, 0) is 4.79 Å². The van der Waals surface area contributed by atoms with Gasteiger partial charge in [0.1, 0.15) is 11.3 Å². The van der Waals surface area contributed by atoms with Crippen molar-refractivity contribution in [3.05, 3.63) is 72.0 Å². The van der Waals surface area contributed by atoms with Crippen LogP contribution in [0.2, 0.25) is 0 Å². The molecule has 1 amide bonds. The number of aryl methyl sites for hydroxylation is 1. The van der Waals surface area contributed by atoms with Crippen LogP contribution in [-0.4, -0.2) is 18.6 Å². The van der Waals surface area contributed by atoms with E-state index in [9.17, 15) is 4.79 Å². The quantitative estimate of drug-likeness (QED) is 0.223. The summed E-state index contributed by atoms with van der Waals surface area (Å²) in [6, 6.07) is 17.2. The maximum Gasteiger partial charge on any atom is 0.244 e. The molecule has 0 aliphatic heterocycles. The minimum absolute atomic E-state index is 0.0263. The lowest BCUT2D eigenvalue weighted by Gasteiger charge is -2.17. The van der Waals surface area contributed by atoms with E-state index in [4.69, 9.17) is 9.15 Å². The molecule has 1 aliphatic rings. The highest BCUT2D eigenvalue weighted by Crippen LogP contribution is 2.41. The Morgan fingerprint density at radius 1 is 1.06 bits per heavy atom. The normalized spacial score (nSPS) is 15.2. The predicted molar refractivity (Wildman–Crippen MR) is 148 cm³/mol. The van der Waals surface area contributed by atoms with Gasteiger partial charge in [-0.05, 0) is 67.7 Å². The second-order valence-corrected chi connectivity index (χ2v) is 9.92. The number of hydrogen-bond acceptors (Lipinski definition) is 3. The number of allylic oxidation sites excluding steroid dienone is 1. The highest BCUT2D eigenvalue weighted by molar-refractivity contribution is 6.02. The van der Waals surface area contributed by atoms with Crippen LogP contribution in [0.25, 0.3) is 38.4 Å². The fourth-order valence-electron chi connectivity index (χ4n) is 5.46. The van der Waals surface area contributed by atoms with Gasteiger partial charge >= 0.3 is 0 Å². The molecule has 0 bridgehead atoms. The zero-order valence-electron chi connectivity index (χ0n) is 21.5. The van der Waals surface area contributed by atoms with Crippen molar-refractivity contribution in [3.63, 3.8) is 0 Å². The van der Waals surface area contributed by atoms with E-state index in [1.165, 1.54) is 36.5 Å². The number of amides is 1. The van der Waals surface area contributed by atoms with Crippen molar-refractivity contribution < 1.29 is 13.9 Å². The second kappa shape index (κ2) is 10.6. The fraction of sp³-hybridized carbons (Fsp3) is 0.344. The molecule has 4 aromatic rings. The summed E-state index contributed by atoms with van der Waals surface area (Å²) in [5.74, 6) is 0.752. The molecule has 0 unspecified atom stereocenters. The van der Waals surface area contributed by atoms with Gasteiger partial charge < -0.3 is 14.5 Å².